The van der Waals surface area contributed by atoms with Crippen molar-refractivity contribution in [2.45, 2.75) is 19.4 Å². The molecule has 1 atom stereocenters. The summed E-state index contributed by atoms with van der Waals surface area (Å²) in [6.07, 6.45) is 2.28. The number of ether oxygens (including phenoxy) is 1. The molecule has 0 spiro atoms. The van der Waals surface area contributed by atoms with Gasteiger partial charge < -0.3 is 15.4 Å². The Morgan fingerprint density at radius 1 is 1.43 bits per heavy atom. The van der Waals surface area contributed by atoms with Crippen LogP contribution in [0.4, 0.5) is 5.69 Å². The molecule has 1 aromatic heterocycles. The van der Waals surface area contributed by atoms with E-state index in [1.807, 2.05) is 43.5 Å². The van der Waals surface area contributed by atoms with Gasteiger partial charge in [-0.15, -0.1) is 12.4 Å². The molecular formula is C16H21ClN4O2. The number of para-hydroxylation sites is 2. The molecule has 1 aliphatic heterocycles. The summed E-state index contributed by atoms with van der Waals surface area (Å²) in [5.41, 5.74) is 2.55. The molecule has 6 nitrogen and oxygen atoms in total. The molecule has 1 saturated heterocycles. The lowest BCUT2D eigenvalue weighted by atomic mass is 10.2. The average Bonchev–Trinajstić information content (AvgIpc) is 2.95. The van der Waals surface area contributed by atoms with Gasteiger partial charge in [-0.25, -0.2) is 4.68 Å². The summed E-state index contributed by atoms with van der Waals surface area (Å²) in [5, 5.41) is 10.6. The maximum absolute atomic E-state index is 12.2. The molecule has 2 heterocycles. The third kappa shape index (κ3) is 4.54. The van der Waals surface area contributed by atoms with Gasteiger partial charge in [0.25, 0.3) is 0 Å². The van der Waals surface area contributed by atoms with Crippen LogP contribution >= 0.6 is 12.4 Å². The number of carbonyl (C=O) groups excluding carboxylic acids is 1. The van der Waals surface area contributed by atoms with Crippen molar-refractivity contribution in [2.24, 2.45) is 0 Å². The van der Waals surface area contributed by atoms with Gasteiger partial charge in [0.15, 0.2) is 0 Å². The summed E-state index contributed by atoms with van der Waals surface area (Å²) in [7, 11) is 0. The van der Waals surface area contributed by atoms with E-state index in [0.29, 0.717) is 19.6 Å². The number of hydrogen-bond acceptors (Lipinski definition) is 4. The third-order valence-corrected chi connectivity index (χ3v) is 3.58. The van der Waals surface area contributed by atoms with E-state index in [4.69, 9.17) is 4.74 Å². The first-order valence-electron chi connectivity index (χ1n) is 7.45. The van der Waals surface area contributed by atoms with Crippen molar-refractivity contribution in [3.8, 4) is 5.69 Å². The fourth-order valence-electron chi connectivity index (χ4n) is 2.50. The summed E-state index contributed by atoms with van der Waals surface area (Å²) in [6, 6.07) is 9.66. The first-order valence-corrected chi connectivity index (χ1v) is 7.45. The molecule has 0 aliphatic carbocycles. The highest BCUT2D eigenvalue weighted by Crippen LogP contribution is 2.20. The number of nitrogens with one attached hydrogen (secondary N) is 2. The van der Waals surface area contributed by atoms with E-state index in [9.17, 15) is 4.79 Å². The summed E-state index contributed by atoms with van der Waals surface area (Å²) in [6.45, 7) is 4.01. The fraction of sp³-hybridized carbons (Fsp3) is 0.375. The van der Waals surface area contributed by atoms with Crippen molar-refractivity contribution in [3.05, 3.63) is 42.2 Å². The van der Waals surface area contributed by atoms with Gasteiger partial charge in [0.05, 0.1) is 30.3 Å². The van der Waals surface area contributed by atoms with E-state index < -0.39 is 0 Å². The Labute approximate surface area is 141 Å². The largest absolute Gasteiger partial charge is 0.378 e. The highest BCUT2D eigenvalue weighted by atomic mass is 35.5. The SMILES string of the molecule is Cc1ccn(-c2ccccc2NC(=O)CC2COCCN2)n1.Cl. The number of halogens is 1. The number of aromatic nitrogens is 2. The van der Waals surface area contributed by atoms with E-state index in [2.05, 4.69) is 15.7 Å². The Bertz CT molecular complexity index is 653. The molecule has 1 unspecified atom stereocenters. The monoisotopic (exact) mass is 336 g/mol. The summed E-state index contributed by atoms with van der Waals surface area (Å²) in [5.74, 6) is -0.0284. The van der Waals surface area contributed by atoms with Crippen LogP contribution in [0.2, 0.25) is 0 Å². The average molecular weight is 337 g/mol. The van der Waals surface area contributed by atoms with Crippen LogP contribution in [0.15, 0.2) is 36.5 Å². The third-order valence-electron chi connectivity index (χ3n) is 3.58. The standard InChI is InChI=1S/C16H20N4O2.ClH/c1-12-6-8-20(19-12)15-5-3-2-4-14(15)18-16(21)10-13-11-22-9-7-17-13;/h2-6,8,13,17H,7,9-11H2,1H3,(H,18,21);1H. The minimum absolute atomic E-state index is 0. The Morgan fingerprint density at radius 3 is 2.96 bits per heavy atom. The Hall–Kier alpha value is -1.89. The van der Waals surface area contributed by atoms with Crippen LogP contribution < -0.4 is 10.6 Å². The zero-order valence-electron chi connectivity index (χ0n) is 13.0. The van der Waals surface area contributed by atoms with E-state index in [1.54, 1.807) is 4.68 Å². The number of carbonyl (C=O) groups is 1. The second kappa shape index (κ2) is 8.10. The lowest BCUT2D eigenvalue weighted by Gasteiger charge is -2.23. The normalized spacial score (nSPS) is 17.3. The molecule has 1 amide bonds. The molecular weight excluding hydrogens is 316 g/mol. The van der Waals surface area contributed by atoms with Crippen molar-refractivity contribution in [1.29, 1.82) is 0 Å². The van der Waals surface area contributed by atoms with Gasteiger partial charge >= 0.3 is 0 Å². The quantitative estimate of drug-likeness (QED) is 0.895. The second-order valence-corrected chi connectivity index (χ2v) is 5.40. The minimum Gasteiger partial charge on any atom is -0.378 e. The Balaban J connectivity index is 0.00000192. The molecule has 124 valence electrons. The van der Waals surface area contributed by atoms with E-state index in [0.717, 1.165) is 23.6 Å². The molecule has 23 heavy (non-hydrogen) atoms. The topological polar surface area (TPSA) is 68.2 Å². The maximum atomic E-state index is 12.2. The van der Waals surface area contributed by atoms with Crippen molar-refractivity contribution in [2.75, 3.05) is 25.1 Å². The molecule has 1 fully saturated rings. The van der Waals surface area contributed by atoms with Crippen molar-refractivity contribution < 1.29 is 9.53 Å². The summed E-state index contributed by atoms with van der Waals surface area (Å²) in [4.78, 5) is 12.2. The second-order valence-electron chi connectivity index (χ2n) is 5.40. The number of nitrogens with zero attached hydrogens (tertiary/aromatic N) is 2. The van der Waals surface area contributed by atoms with Gasteiger partial charge in [0.1, 0.15) is 0 Å². The number of hydrogen-bond donors (Lipinski definition) is 2. The number of anilines is 1. The predicted octanol–water partition coefficient (Wildman–Crippen LogP) is 1.92. The zero-order chi connectivity index (χ0) is 15.4. The van der Waals surface area contributed by atoms with Crippen LogP contribution in [0.3, 0.4) is 0 Å². The van der Waals surface area contributed by atoms with Crippen LogP contribution in [-0.4, -0.2) is 41.5 Å². The van der Waals surface area contributed by atoms with E-state index >= 15 is 0 Å². The first-order chi connectivity index (χ1) is 10.7. The highest BCUT2D eigenvalue weighted by molar-refractivity contribution is 5.93. The fourth-order valence-corrected chi connectivity index (χ4v) is 2.50. The Morgan fingerprint density at radius 2 is 2.26 bits per heavy atom. The molecule has 0 radical (unpaired) electrons. The van der Waals surface area contributed by atoms with Gasteiger partial charge in [0.2, 0.25) is 5.91 Å². The van der Waals surface area contributed by atoms with Crippen molar-refractivity contribution in [3.63, 3.8) is 0 Å². The predicted molar refractivity (Wildman–Crippen MR) is 91.4 cm³/mol. The highest BCUT2D eigenvalue weighted by Gasteiger charge is 2.17. The molecule has 0 bridgehead atoms. The number of rotatable bonds is 4. The van der Waals surface area contributed by atoms with Gasteiger partial charge in [-0.3, -0.25) is 4.79 Å². The molecule has 3 rings (SSSR count). The van der Waals surface area contributed by atoms with Gasteiger partial charge in [-0.2, -0.15) is 5.10 Å². The number of morpholine rings is 1. The molecule has 1 aromatic carbocycles. The lowest BCUT2D eigenvalue weighted by Crippen LogP contribution is -2.43. The molecule has 2 aromatic rings. The first kappa shape index (κ1) is 17.5. The summed E-state index contributed by atoms with van der Waals surface area (Å²) >= 11 is 0. The van der Waals surface area contributed by atoms with Crippen LogP contribution in [0.25, 0.3) is 5.69 Å². The number of aryl methyl sites for hydroxylation is 1. The molecule has 7 heteroatoms. The maximum Gasteiger partial charge on any atom is 0.226 e. The number of amides is 1. The number of benzene rings is 1. The molecule has 2 N–H and O–H groups in total. The smallest absolute Gasteiger partial charge is 0.226 e. The lowest BCUT2D eigenvalue weighted by molar-refractivity contribution is -0.117. The molecule has 0 saturated carbocycles. The van der Waals surface area contributed by atoms with Gasteiger partial charge in [0, 0.05) is 25.2 Å². The van der Waals surface area contributed by atoms with Crippen LogP contribution in [0, 0.1) is 6.92 Å². The van der Waals surface area contributed by atoms with Crippen molar-refractivity contribution >= 4 is 24.0 Å². The zero-order valence-corrected chi connectivity index (χ0v) is 13.8. The van der Waals surface area contributed by atoms with Crippen molar-refractivity contribution in [1.82, 2.24) is 15.1 Å². The van der Waals surface area contributed by atoms with Crippen LogP contribution in [0.5, 0.6) is 0 Å². The van der Waals surface area contributed by atoms with Gasteiger partial charge in [-0.1, -0.05) is 12.1 Å². The Kier molecular flexibility index (Phi) is 6.15. The van der Waals surface area contributed by atoms with E-state index in [-0.39, 0.29) is 24.4 Å². The van der Waals surface area contributed by atoms with Gasteiger partial charge in [-0.05, 0) is 25.1 Å². The molecule has 1 aliphatic rings. The van der Waals surface area contributed by atoms with Crippen LogP contribution in [-0.2, 0) is 9.53 Å². The van der Waals surface area contributed by atoms with E-state index in [1.165, 1.54) is 0 Å². The van der Waals surface area contributed by atoms with Crippen LogP contribution in [0.1, 0.15) is 12.1 Å². The minimum atomic E-state index is -0.0284. The summed E-state index contributed by atoms with van der Waals surface area (Å²) < 4.78 is 7.14.